The zero-order valence-electron chi connectivity index (χ0n) is 7.14. The van der Waals surface area contributed by atoms with Crippen molar-refractivity contribution >= 4 is 11.9 Å². The molecular weight excluding hydrogens is 172 g/mol. The van der Waals surface area contributed by atoms with Gasteiger partial charge in [0.1, 0.15) is 0 Å². The lowest BCUT2D eigenvalue weighted by atomic mass is 9.85. The normalized spacial score (nSPS) is 27.1. The van der Waals surface area contributed by atoms with Crippen LogP contribution in [-0.2, 0) is 9.59 Å². The first-order valence-electron chi connectivity index (χ1n) is 4.21. The molecule has 0 fully saturated rings. The topological polar surface area (TPSA) is 74.6 Å². The van der Waals surface area contributed by atoms with E-state index in [2.05, 4.69) is 0 Å². The van der Waals surface area contributed by atoms with Crippen molar-refractivity contribution in [1.29, 1.82) is 0 Å². The number of carboxylic acids is 2. The summed E-state index contributed by atoms with van der Waals surface area (Å²) in [6, 6.07) is 0. The first-order valence-corrected chi connectivity index (χ1v) is 4.21. The Hall–Kier alpha value is -1.32. The highest BCUT2D eigenvalue weighted by atomic mass is 16.4. The lowest BCUT2D eigenvalue weighted by Gasteiger charge is -2.19. The molecule has 0 aliphatic heterocycles. The second-order valence-electron chi connectivity index (χ2n) is 3.29. The van der Waals surface area contributed by atoms with Crippen LogP contribution in [0.1, 0.15) is 19.3 Å². The van der Waals surface area contributed by atoms with Gasteiger partial charge < -0.3 is 10.2 Å². The Morgan fingerprint density at radius 2 is 2.08 bits per heavy atom. The number of carboxylic acid groups (broad SMARTS) is 2. The van der Waals surface area contributed by atoms with E-state index in [1.807, 2.05) is 0 Å². The fourth-order valence-electron chi connectivity index (χ4n) is 1.55. The molecule has 0 saturated carbocycles. The molecule has 0 spiro atoms. The van der Waals surface area contributed by atoms with Crippen molar-refractivity contribution in [3.8, 4) is 0 Å². The van der Waals surface area contributed by atoms with E-state index in [1.165, 1.54) is 0 Å². The van der Waals surface area contributed by atoms with E-state index in [-0.39, 0.29) is 12.3 Å². The fraction of sp³-hybridized carbons (Fsp3) is 0.556. The lowest BCUT2D eigenvalue weighted by molar-refractivity contribution is -0.143. The van der Waals surface area contributed by atoms with Gasteiger partial charge in [0.2, 0.25) is 0 Å². The van der Waals surface area contributed by atoms with E-state index in [9.17, 15) is 9.59 Å². The molecule has 0 unspecified atom stereocenters. The van der Waals surface area contributed by atoms with E-state index < -0.39 is 17.9 Å². The molecule has 0 aromatic heterocycles. The highest BCUT2D eigenvalue weighted by Gasteiger charge is 2.24. The van der Waals surface area contributed by atoms with Crippen LogP contribution in [0, 0.1) is 11.8 Å². The molecule has 0 saturated heterocycles. The minimum Gasteiger partial charge on any atom is -0.481 e. The van der Waals surface area contributed by atoms with Gasteiger partial charge in [-0.1, -0.05) is 12.2 Å². The molecule has 0 aromatic carbocycles. The quantitative estimate of drug-likeness (QED) is 0.644. The second kappa shape index (κ2) is 4.07. The minimum absolute atomic E-state index is 0.0281. The standard InChI is InChI=1S/C9H12O4/c10-8(11)5-6-2-1-3-7(4-6)9(12)13/h1-2,6-7H,3-5H2,(H,10,11)(H,12,13)/t6-,7+/m1/s1. The SMILES string of the molecule is O=C(O)C[C@@H]1C=CC[C@H](C(=O)O)C1. The maximum Gasteiger partial charge on any atom is 0.306 e. The molecule has 1 rings (SSSR count). The Morgan fingerprint density at radius 1 is 1.38 bits per heavy atom. The molecule has 0 radical (unpaired) electrons. The average molecular weight is 184 g/mol. The molecule has 2 N–H and O–H groups in total. The van der Waals surface area contributed by atoms with Gasteiger partial charge in [-0.2, -0.15) is 0 Å². The fourth-order valence-corrected chi connectivity index (χ4v) is 1.55. The van der Waals surface area contributed by atoms with Gasteiger partial charge in [0.15, 0.2) is 0 Å². The summed E-state index contributed by atoms with van der Waals surface area (Å²) in [6.07, 6.45) is 4.55. The highest BCUT2D eigenvalue weighted by Crippen LogP contribution is 2.25. The van der Waals surface area contributed by atoms with Crippen LogP contribution >= 0.6 is 0 Å². The van der Waals surface area contributed by atoms with Crippen LogP contribution in [0.5, 0.6) is 0 Å². The molecular formula is C9H12O4. The Bertz CT molecular complexity index is 244. The van der Waals surface area contributed by atoms with Gasteiger partial charge in [0.05, 0.1) is 12.3 Å². The molecule has 4 nitrogen and oxygen atoms in total. The molecule has 13 heavy (non-hydrogen) atoms. The molecule has 0 amide bonds. The molecule has 0 heterocycles. The molecule has 1 aliphatic rings. The second-order valence-corrected chi connectivity index (χ2v) is 3.29. The van der Waals surface area contributed by atoms with Crippen LogP contribution in [0.4, 0.5) is 0 Å². The first kappa shape index (κ1) is 9.77. The van der Waals surface area contributed by atoms with Gasteiger partial charge in [-0.25, -0.2) is 0 Å². The first-order chi connectivity index (χ1) is 6.09. The van der Waals surface area contributed by atoms with Crippen molar-refractivity contribution in [3.05, 3.63) is 12.2 Å². The van der Waals surface area contributed by atoms with Crippen molar-refractivity contribution in [2.45, 2.75) is 19.3 Å². The highest BCUT2D eigenvalue weighted by molar-refractivity contribution is 5.71. The number of hydrogen-bond donors (Lipinski definition) is 2. The summed E-state index contributed by atoms with van der Waals surface area (Å²) < 4.78 is 0. The van der Waals surface area contributed by atoms with Crippen LogP contribution in [0.25, 0.3) is 0 Å². The number of hydrogen-bond acceptors (Lipinski definition) is 2. The van der Waals surface area contributed by atoms with Gasteiger partial charge in [0, 0.05) is 0 Å². The van der Waals surface area contributed by atoms with Crippen LogP contribution in [0.3, 0.4) is 0 Å². The largest absolute Gasteiger partial charge is 0.481 e. The van der Waals surface area contributed by atoms with Crippen molar-refractivity contribution in [2.24, 2.45) is 11.8 Å². The predicted octanol–water partition coefficient (Wildman–Crippen LogP) is 1.13. The maximum atomic E-state index is 10.6. The Kier molecular flexibility index (Phi) is 3.06. The Balaban J connectivity index is 2.51. The maximum absolute atomic E-state index is 10.6. The van der Waals surface area contributed by atoms with Crippen molar-refractivity contribution in [2.75, 3.05) is 0 Å². The van der Waals surface area contributed by atoms with Crippen LogP contribution < -0.4 is 0 Å². The van der Waals surface area contributed by atoms with Crippen LogP contribution in [0.2, 0.25) is 0 Å². The third-order valence-corrected chi connectivity index (χ3v) is 2.20. The van der Waals surface area contributed by atoms with Gasteiger partial charge in [-0.3, -0.25) is 9.59 Å². The van der Waals surface area contributed by atoms with E-state index in [4.69, 9.17) is 10.2 Å². The Labute approximate surface area is 75.9 Å². The van der Waals surface area contributed by atoms with Gasteiger partial charge in [-0.05, 0) is 18.8 Å². The summed E-state index contributed by atoms with van der Waals surface area (Å²) in [4.78, 5) is 21.0. The summed E-state index contributed by atoms with van der Waals surface area (Å²) in [5.41, 5.74) is 0. The number of aliphatic carboxylic acids is 2. The van der Waals surface area contributed by atoms with Crippen molar-refractivity contribution in [1.82, 2.24) is 0 Å². The summed E-state index contributed by atoms with van der Waals surface area (Å²) in [7, 11) is 0. The van der Waals surface area contributed by atoms with Crippen LogP contribution in [-0.4, -0.2) is 22.2 Å². The number of rotatable bonds is 3. The van der Waals surface area contributed by atoms with E-state index >= 15 is 0 Å². The molecule has 72 valence electrons. The zero-order valence-corrected chi connectivity index (χ0v) is 7.14. The molecule has 2 atom stereocenters. The molecule has 0 bridgehead atoms. The number of allylic oxidation sites excluding steroid dienone is 2. The smallest absolute Gasteiger partial charge is 0.306 e. The Morgan fingerprint density at radius 3 is 2.62 bits per heavy atom. The number of carbonyl (C=O) groups is 2. The minimum atomic E-state index is -0.874. The van der Waals surface area contributed by atoms with E-state index in [1.54, 1.807) is 12.2 Å². The third-order valence-electron chi connectivity index (χ3n) is 2.20. The van der Waals surface area contributed by atoms with Crippen molar-refractivity contribution < 1.29 is 19.8 Å². The summed E-state index contributed by atoms with van der Waals surface area (Å²) in [5, 5.41) is 17.2. The van der Waals surface area contributed by atoms with Crippen LogP contribution in [0.15, 0.2) is 12.2 Å². The summed E-state index contributed by atoms with van der Waals surface area (Å²) >= 11 is 0. The molecule has 4 heteroatoms. The van der Waals surface area contributed by atoms with Crippen molar-refractivity contribution in [3.63, 3.8) is 0 Å². The van der Waals surface area contributed by atoms with Gasteiger partial charge >= 0.3 is 11.9 Å². The zero-order chi connectivity index (χ0) is 9.84. The van der Waals surface area contributed by atoms with Gasteiger partial charge in [-0.15, -0.1) is 0 Å². The predicted molar refractivity (Wildman–Crippen MR) is 45.2 cm³/mol. The van der Waals surface area contributed by atoms with E-state index in [0.717, 1.165) is 0 Å². The molecule has 1 aliphatic carbocycles. The third kappa shape index (κ3) is 2.89. The summed E-state index contributed by atoms with van der Waals surface area (Å²) in [6.45, 7) is 0. The van der Waals surface area contributed by atoms with Gasteiger partial charge in [0.25, 0.3) is 0 Å². The summed E-state index contributed by atoms with van der Waals surface area (Å²) in [5.74, 6) is -2.23. The lowest BCUT2D eigenvalue weighted by Crippen LogP contribution is -2.21. The van der Waals surface area contributed by atoms with E-state index in [0.29, 0.717) is 12.8 Å². The average Bonchev–Trinajstić information content (AvgIpc) is 2.03. The molecule has 0 aromatic rings. The monoisotopic (exact) mass is 184 g/mol.